The predicted octanol–water partition coefficient (Wildman–Crippen LogP) is 4.69. The Bertz CT molecular complexity index is 653. The zero-order valence-corrected chi connectivity index (χ0v) is 12.6. The molecule has 0 aliphatic rings. The second kappa shape index (κ2) is 7.71. The van der Waals surface area contributed by atoms with Gasteiger partial charge in [0, 0.05) is 12.3 Å². The van der Waals surface area contributed by atoms with Crippen molar-refractivity contribution in [3.63, 3.8) is 0 Å². The lowest BCUT2D eigenvalue weighted by Crippen LogP contribution is -1.97. The summed E-state index contributed by atoms with van der Waals surface area (Å²) in [4.78, 5) is 0. The lowest BCUT2D eigenvalue weighted by Gasteiger charge is -2.09. The van der Waals surface area contributed by atoms with Gasteiger partial charge < -0.3 is 4.74 Å². The van der Waals surface area contributed by atoms with Gasteiger partial charge in [-0.2, -0.15) is 0 Å². The number of hydrogen-bond donors (Lipinski definition) is 0. The van der Waals surface area contributed by atoms with Crippen LogP contribution in [0.1, 0.15) is 23.1 Å². The third-order valence-electron chi connectivity index (χ3n) is 2.89. The standard InChI is InChI=1S/C18H16ClFO/c1-14-5-10-18(16(12-14)4-2-3-11-19)21-13-15-6-8-17(20)9-7-15/h5-10,12H,3,11,13H2,1H3. The van der Waals surface area contributed by atoms with Gasteiger partial charge in [0.1, 0.15) is 18.2 Å². The van der Waals surface area contributed by atoms with Gasteiger partial charge >= 0.3 is 0 Å². The maximum Gasteiger partial charge on any atom is 0.135 e. The first-order valence-corrected chi connectivity index (χ1v) is 7.25. The van der Waals surface area contributed by atoms with E-state index in [-0.39, 0.29) is 5.82 Å². The van der Waals surface area contributed by atoms with E-state index in [1.165, 1.54) is 12.1 Å². The summed E-state index contributed by atoms with van der Waals surface area (Å²) in [5.41, 5.74) is 2.89. The highest BCUT2D eigenvalue weighted by Gasteiger charge is 2.03. The van der Waals surface area contributed by atoms with E-state index in [9.17, 15) is 4.39 Å². The molecule has 0 radical (unpaired) electrons. The zero-order chi connectivity index (χ0) is 15.1. The van der Waals surface area contributed by atoms with Crippen LogP contribution in [0.15, 0.2) is 42.5 Å². The number of hydrogen-bond acceptors (Lipinski definition) is 1. The van der Waals surface area contributed by atoms with E-state index in [4.69, 9.17) is 16.3 Å². The van der Waals surface area contributed by atoms with Crippen molar-refractivity contribution in [3.8, 4) is 17.6 Å². The molecule has 3 heteroatoms. The van der Waals surface area contributed by atoms with Gasteiger partial charge in [-0.05, 0) is 42.3 Å². The molecule has 0 aliphatic heterocycles. The molecule has 21 heavy (non-hydrogen) atoms. The molecule has 2 aromatic carbocycles. The molecule has 0 saturated heterocycles. The molecule has 0 heterocycles. The van der Waals surface area contributed by atoms with Crippen LogP contribution in [-0.4, -0.2) is 5.88 Å². The van der Waals surface area contributed by atoms with Crippen LogP contribution in [0.25, 0.3) is 0 Å². The zero-order valence-electron chi connectivity index (χ0n) is 11.8. The number of aryl methyl sites for hydroxylation is 1. The average Bonchev–Trinajstić information content (AvgIpc) is 2.48. The van der Waals surface area contributed by atoms with E-state index in [1.807, 2.05) is 25.1 Å². The third-order valence-corrected chi connectivity index (χ3v) is 3.07. The van der Waals surface area contributed by atoms with Crippen LogP contribution in [0.4, 0.5) is 4.39 Å². The lowest BCUT2D eigenvalue weighted by atomic mass is 10.1. The summed E-state index contributed by atoms with van der Waals surface area (Å²) < 4.78 is 18.7. The molecule has 0 N–H and O–H groups in total. The van der Waals surface area contributed by atoms with Crippen LogP contribution in [0, 0.1) is 24.6 Å². The number of rotatable bonds is 4. The van der Waals surface area contributed by atoms with Crippen molar-refractivity contribution in [1.29, 1.82) is 0 Å². The number of ether oxygens (including phenoxy) is 1. The Balaban J connectivity index is 2.12. The molecule has 0 atom stereocenters. The van der Waals surface area contributed by atoms with E-state index in [2.05, 4.69) is 11.8 Å². The van der Waals surface area contributed by atoms with Crippen LogP contribution < -0.4 is 4.74 Å². The third kappa shape index (κ3) is 4.81. The summed E-state index contributed by atoms with van der Waals surface area (Å²) in [5.74, 6) is 7.09. The fourth-order valence-corrected chi connectivity index (χ4v) is 1.91. The molecular formula is C18H16ClFO. The van der Waals surface area contributed by atoms with Gasteiger partial charge in [-0.3, -0.25) is 0 Å². The van der Waals surface area contributed by atoms with Crippen LogP contribution in [-0.2, 0) is 6.61 Å². The summed E-state index contributed by atoms with van der Waals surface area (Å²) >= 11 is 5.63. The first-order chi connectivity index (χ1) is 10.2. The fraction of sp³-hybridized carbons (Fsp3) is 0.222. The number of benzene rings is 2. The first kappa shape index (κ1) is 15.4. The Kier molecular flexibility index (Phi) is 5.66. The summed E-state index contributed by atoms with van der Waals surface area (Å²) in [6.45, 7) is 2.39. The van der Waals surface area contributed by atoms with Gasteiger partial charge in [0.2, 0.25) is 0 Å². The molecule has 0 aromatic heterocycles. The quantitative estimate of drug-likeness (QED) is 0.588. The SMILES string of the molecule is Cc1ccc(OCc2ccc(F)cc2)c(C#CCCCl)c1. The average molecular weight is 303 g/mol. The molecule has 0 saturated carbocycles. The Labute approximate surface area is 129 Å². The predicted molar refractivity (Wildman–Crippen MR) is 84.1 cm³/mol. The molecule has 0 fully saturated rings. The van der Waals surface area contributed by atoms with Crippen molar-refractivity contribution in [2.75, 3.05) is 5.88 Å². The van der Waals surface area contributed by atoms with Crippen molar-refractivity contribution in [2.24, 2.45) is 0 Å². The highest BCUT2D eigenvalue weighted by molar-refractivity contribution is 6.18. The van der Waals surface area contributed by atoms with Gasteiger partial charge in [-0.25, -0.2) is 4.39 Å². The maximum absolute atomic E-state index is 12.9. The van der Waals surface area contributed by atoms with Crippen LogP contribution in [0.5, 0.6) is 5.75 Å². The summed E-state index contributed by atoms with van der Waals surface area (Å²) in [6.07, 6.45) is 0.646. The van der Waals surface area contributed by atoms with Crippen LogP contribution in [0.2, 0.25) is 0 Å². The molecule has 1 nitrogen and oxygen atoms in total. The molecule has 0 amide bonds. The molecular weight excluding hydrogens is 287 g/mol. The molecule has 0 unspecified atom stereocenters. The number of alkyl halides is 1. The van der Waals surface area contributed by atoms with E-state index >= 15 is 0 Å². The maximum atomic E-state index is 12.9. The minimum Gasteiger partial charge on any atom is -0.488 e. The monoisotopic (exact) mass is 302 g/mol. The molecule has 2 rings (SSSR count). The lowest BCUT2D eigenvalue weighted by molar-refractivity contribution is 0.305. The van der Waals surface area contributed by atoms with Gasteiger partial charge in [0.05, 0.1) is 5.56 Å². The highest BCUT2D eigenvalue weighted by atomic mass is 35.5. The van der Waals surface area contributed by atoms with Crippen molar-refractivity contribution >= 4 is 11.6 Å². The first-order valence-electron chi connectivity index (χ1n) is 6.72. The van der Waals surface area contributed by atoms with Gasteiger partial charge in [-0.1, -0.05) is 30.0 Å². The van der Waals surface area contributed by atoms with E-state index in [1.54, 1.807) is 12.1 Å². The van der Waals surface area contributed by atoms with Gasteiger partial charge in [-0.15, -0.1) is 11.6 Å². The van der Waals surface area contributed by atoms with Gasteiger partial charge in [0.25, 0.3) is 0 Å². The van der Waals surface area contributed by atoms with Crippen molar-refractivity contribution in [1.82, 2.24) is 0 Å². The summed E-state index contributed by atoms with van der Waals surface area (Å²) in [6, 6.07) is 12.1. The Morgan fingerprint density at radius 3 is 2.62 bits per heavy atom. The van der Waals surface area contributed by atoms with E-state index < -0.39 is 0 Å². The Morgan fingerprint density at radius 1 is 1.14 bits per heavy atom. The molecule has 108 valence electrons. The second-order valence-corrected chi connectivity index (χ2v) is 5.03. The second-order valence-electron chi connectivity index (χ2n) is 4.66. The molecule has 0 spiro atoms. The topological polar surface area (TPSA) is 9.23 Å². The minimum absolute atomic E-state index is 0.248. The summed E-state index contributed by atoms with van der Waals surface area (Å²) in [5, 5.41) is 0. The largest absolute Gasteiger partial charge is 0.488 e. The van der Waals surface area contributed by atoms with Crippen molar-refractivity contribution in [2.45, 2.75) is 20.0 Å². The van der Waals surface area contributed by atoms with Crippen LogP contribution in [0.3, 0.4) is 0 Å². The Morgan fingerprint density at radius 2 is 1.90 bits per heavy atom. The van der Waals surface area contributed by atoms with Crippen molar-refractivity contribution in [3.05, 3.63) is 65.0 Å². The minimum atomic E-state index is -0.248. The smallest absolute Gasteiger partial charge is 0.135 e. The molecule has 2 aromatic rings. The molecule has 0 aliphatic carbocycles. The fourth-order valence-electron chi connectivity index (χ4n) is 1.81. The van der Waals surface area contributed by atoms with Crippen molar-refractivity contribution < 1.29 is 9.13 Å². The molecule has 0 bridgehead atoms. The number of halogens is 2. The normalized spacial score (nSPS) is 9.86. The highest BCUT2D eigenvalue weighted by Crippen LogP contribution is 2.20. The summed E-state index contributed by atoms with van der Waals surface area (Å²) in [7, 11) is 0. The Hall–Kier alpha value is -1.98. The van der Waals surface area contributed by atoms with Gasteiger partial charge in [0.15, 0.2) is 0 Å². The van der Waals surface area contributed by atoms with E-state index in [0.717, 1.165) is 22.4 Å². The van der Waals surface area contributed by atoms with E-state index in [0.29, 0.717) is 18.9 Å². The van der Waals surface area contributed by atoms with Crippen LogP contribution >= 0.6 is 11.6 Å².